The highest BCUT2D eigenvalue weighted by Gasteiger charge is 2.21. The second-order valence-corrected chi connectivity index (χ2v) is 3.94. The number of pyridine rings is 1. The number of allylic oxidation sites excluding steroid dienone is 5. The lowest BCUT2D eigenvalue weighted by molar-refractivity contribution is 1.26. The van der Waals surface area contributed by atoms with E-state index in [9.17, 15) is 0 Å². The van der Waals surface area contributed by atoms with Crippen LogP contribution in [0.25, 0.3) is 5.57 Å². The number of hydrogen-bond acceptors (Lipinski definition) is 1. The first kappa shape index (κ1) is 9.91. The van der Waals surface area contributed by atoms with Gasteiger partial charge in [0.15, 0.2) is 0 Å². The predicted molar refractivity (Wildman–Crippen MR) is 64.3 cm³/mol. The molecule has 0 bridgehead atoms. The van der Waals surface area contributed by atoms with Crippen LogP contribution in [0, 0.1) is 0 Å². The molecule has 0 saturated heterocycles. The first-order valence-electron chi connectivity index (χ1n) is 5.12. The van der Waals surface area contributed by atoms with Gasteiger partial charge in [0.25, 0.3) is 0 Å². The van der Waals surface area contributed by atoms with Gasteiger partial charge in [-0.15, -0.1) is 0 Å². The fraction of sp³-hybridized carbons (Fsp3) is 0.214. The Labute approximate surface area is 90.9 Å². The minimum Gasteiger partial charge on any atom is -0.256 e. The Morgan fingerprint density at radius 1 is 1.00 bits per heavy atom. The second kappa shape index (κ2) is 3.50. The number of rotatable bonds is 1. The minimum absolute atomic E-state index is 1.02. The van der Waals surface area contributed by atoms with Gasteiger partial charge in [0.2, 0.25) is 0 Å². The van der Waals surface area contributed by atoms with Gasteiger partial charge in [0.1, 0.15) is 0 Å². The summed E-state index contributed by atoms with van der Waals surface area (Å²) in [6.07, 6.45) is 1.83. The quantitative estimate of drug-likeness (QED) is 0.668. The highest BCUT2D eigenvalue weighted by molar-refractivity contribution is 5.90. The summed E-state index contributed by atoms with van der Waals surface area (Å²) in [5, 5.41) is 0. The molecule has 0 amide bonds. The van der Waals surface area contributed by atoms with Crippen molar-refractivity contribution in [2.75, 3.05) is 0 Å². The van der Waals surface area contributed by atoms with Crippen LogP contribution in [0.2, 0.25) is 0 Å². The van der Waals surface area contributed by atoms with Gasteiger partial charge in [-0.2, -0.15) is 0 Å². The van der Waals surface area contributed by atoms with E-state index in [1.165, 1.54) is 22.3 Å². The van der Waals surface area contributed by atoms with E-state index in [0.29, 0.717) is 0 Å². The fourth-order valence-corrected chi connectivity index (χ4v) is 1.97. The van der Waals surface area contributed by atoms with E-state index in [2.05, 4.69) is 32.3 Å². The van der Waals surface area contributed by atoms with Crippen LogP contribution in [-0.4, -0.2) is 4.98 Å². The standard InChI is InChI=1S/C14H15N/c1-9-10(2)12(4)14(11(9)3)13-7-5-6-8-15-13/h5-8H,3H2,1-2,4H3. The lowest BCUT2D eigenvalue weighted by Crippen LogP contribution is -1.90. The molecule has 0 spiro atoms. The molecule has 1 nitrogen and oxygen atoms in total. The highest BCUT2D eigenvalue weighted by atomic mass is 14.7. The minimum atomic E-state index is 1.02. The Balaban J connectivity index is 2.56. The summed E-state index contributed by atoms with van der Waals surface area (Å²) in [6, 6.07) is 5.99. The molecule has 76 valence electrons. The van der Waals surface area contributed by atoms with Crippen molar-refractivity contribution in [1.82, 2.24) is 4.98 Å². The summed E-state index contributed by atoms with van der Waals surface area (Å²) < 4.78 is 0. The molecule has 0 aromatic carbocycles. The molecule has 1 aliphatic rings. The molecular formula is C14H15N. The molecule has 0 atom stereocenters. The third-order valence-corrected chi connectivity index (χ3v) is 3.18. The molecule has 15 heavy (non-hydrogen) atoms. The number of hydrogen-bond donors (Lipinski definition) is 0. The van der Waals surface area contributed by atoms with E-state index in [1.807, 2.05) is 24.4 Å². The summed E-state index contributed by atoms with van der Waals surface area (Å²) in [6.45, 7) is 10.5. The van der Waals surface area contributed by atoms with Crippen molar-refractivity contribution in [2.45, 2.75) is 20.8 Å². The summed E-state index contributed by atoms with van der Waals surface area (Å²) in [4.78, 5) is 4.39. The topological polar surface area (TPSA) is 12.9 Å². The first-order chi connectivity index (χ1) is 7.13. The van der Waals surface area contributed by atoms with E-state index < -0.39 is 0 Å². The van der Waals surface area contributed by atoms with Crippen LogP contribution in [0.3, 0.4) is 0 Å². The molecule has 0 saturated carbocycles. The van der Waals surface area contributed by atoms with Gasteiger partial charge in [-0.1, -0.05) is 12.6 Å². The molecule has 0 fully saturated rings. The van der Waals surface area contributed by atoms with Gasteiger partial charge in [-0.05, 0) is 55.2 Å². The number of aromatic nitrogens is 1. The van der Waals surface area contributed by atoms with Gasteiger partial charge in [-0.25, -0.2) is 0 Å². The van der Waals surface area contributed by atoms with Gasteiger partial charge >= 0.3 is 0 Å². The lowest BCUT2D eigenvalue weighted by atomic mass is 10.0. The van der Waals surface area contributed by atoms with E-state index >= 15 is 0 Å². The van der Waals surface area contributed by atoms with E-state index in [0.717, 1.165) is 11.3 Å². The number of nitrogens with zero attached hydrogens (tertiary/aromatic N) is 1. The Morgan fingerprint density at radius 2 is 1.73 bits per heavy atom. The zero-order valence-corrected chi connectivity index (χ0v) is 9.46. The molecule has 0 radical (unpaired) electrons. The summed E-state index contributed by atoms with van der Waals surface area (Å²) >= 11 is 0. The summed E-state index contributed by atoms with van der Waals surface area (Å²) in [5.74, 6) is 0. The van der Waals surface area contributed by atoms with Crippen molar-refractivity contribution in [2.24, 2.45) is 0 Å². The molecular weight excluding hydrogens is 182 g/mol. The highest BCUT2D eigenvalue weighted by Crippen LogP contribution is 2.40. The predicted octanol–water partition coefficient (Wildman–Crippen LogP) is 3.76. The van der Waals surface area contributed by atoms with Crippen molar-refractivity contribution >= 4 is 5.57 Å². The molecule has 1 heterocycles. The maximum Gasteiger partial charge on any atom is 0.0710 e. The third kappa shape index (κ3) is 1.44. The van der Waals surface area contributed by atoms with E-state index in [-0.39, 0.29) is 0 Å². The van der Waals surface area contributed by atoms with Crippen LogP contribution in [0.5, 0.6) is 0 Å². The molecule has 2 rings (SSSR count). The Kier molecular flexibility index (Phi) is 2.31. The largest absolute Gasteiger partial charge is 0.256 e. The molecule has 1 aromatic rings. The fourth-order valence-electron chi connectivity index (χ4n) is 1.97. The molecule has 0 unspecified atom stereocenters. The van der Waals surface area contributed by atoms with Gasteiger partial charge in [0.05, 0.1) is 5.69 Å². The zero-order valence-electron chi connectivity index (χ0n) is 9.46. The SMILES string of the molecule is C=C1C(C)=C(C)C(C)=C1c1ccccn1. The molecule has 1 heteroatoms. The second-order valence-electron chi connectivity index (χ2n) is 3.94. The third-order valence-electron chi connectivity index (χ3n) is 3.18. The van der Waals surface area contributed by atoms with Crippen LogP contribution in [-0.2, 0) is 0 Å². The van der Waals surface area contributed by atoms with Gasteiger partial charge in [-0.3, -0.25) is 4.98 Å². The smallest absolute Gasteiger partial charge is 0.0710 e. The van der Waals surface area contributed by atoms with Crippen molar-refractivity contribution in [3.05, 3.63) is 59.0 Å². The van der Waals surface area contributed by atoms with Crippen LogP contribution in [0.4, 0.5) is 0 Å². The van der Waals surface area contributed by atoms with E-state index in [4.69, 9.17) is 0 Å². The Morgan fingerprint density at radius 3 is 2.20 bits per heavy atom. The first-order valence-corrected chi connectivity index (χ1v) is 5.12. The van der Waals surface area contributed by atoms with Gasteiger partial charge < -0.3 is 0 Å². The average molecular weight is 197 g/mol. The maximum absolute atomic E-state index is 4.39. The van der Waals surface area contributed by atoms with Crippen LogP contribution in [0.1, 0.15) is 26.5 Å². The molecule has 0 aliphatic heterocycles. The van der Waals surface area contributed by atoms with Crippen molar-refractivity contribution < 1.29 is 0 Å². The van der Waals surface area contributed by atoms with Crippen molar-refractivity contribution in [3.8, 4) is 0 Å². The maximum atomic E-state index is 4.39. The van der Waals surface area contributed by atoms with Crippen LogP contribution >= 0.6 is 0 Å². The van der Waals surface area contributed by atoms with Crippen LogP contribution < -0.4 is 0 Å². The van der Waals surface area contributed by atoms with E-state index in [1.54, 1.807) is 0 Å². The molecule has 1 aromatic heterocycles. The zero-order chi connectivity index (χ0) is 11.0. The summed E-state index contributed by atoms with van der Waals surface area (Å²) in [5.41, 5.74) is 7.26. The van der Waals surface area contributed by atoms with Crippen LogP contribution in [0.15, 0.2) is 53.3 Å². The summed E-state index contributed by atoms with van der Waals surface area (Å²) in [7, 11) is 0. The van der Waals surface area contributed by atoms with Crippen molar-refractivity contribution in [3.63, 3.8) is 0 Å². The monoisotopic (exact) mass is 197 g/mol. The average Bonchev–Trinajstić information content (AvgIpc) is 2.45. The van der Waals surface area contributed by atoms with Crippen molar-refractivity contribution in [1.29, 1.82) is 0 Å². The molecule has 0 N–H and O–H groups in total. The Bertz CT molecular complexity index is 475. The lowest BCUT2D eigenvalue weighted by Gasteiger charge is -2.06. The normalized spacial score (nSPS) is 16.6. The van der Waals surface area contributed by atoms with Gasteiger partial charge in [0, 0.05) is 11.8 Å². The Hall–Kier alpha value is -1.63. The molecule has 1 aliphatic carbocycles.